The fraction of sp³-hybridized carbons (Fsp3) is 0.541. The first-order valence-electron chi connectivity index (χ1n) is 18.6. The number of fused-ring (bicyclic) bond motifs is 4. The maximum Gasteiger partial charge on any atom is 0.318 e. The standard InChI is InChI=1S/C37H47F2N9O4S/c1-3-29-31(39)7-6-24-14-28(49)16-33(34(24)29)45-13-8-30-32(21-45)42-36(52-22-37-9-4-11-47(37)19-25(38)17-37)43-35(30)46-10-5-12-48-27(20-46)15-26(44-48)18-41-23-53(50,51)40-2/h6-7,14-16,25,40-41,49H,3-5,8-13,17-23H2,1-2H3/t25-,37+/m1/s1. The molecule has 0 unspecified atom stereocenters. The summed E-state index contributed by atoms with van der Waals surface area (Å²) in [4.78, 5) is 16.7. The van der Waals surface area contributed by atoms with Gasteiger partial charge < -0.3 is 19.6 Å². The second-order valence-electron chi connectivity index (χ2n) is 14.7. The van der Waals surface area contributed by atoms with Gasteiger partial charge in [0.2, 0.25) is 10.0 Å². The molecule has 8 rings (SSSR count). The number of aromatic hydroxyl groups is 1. The maximum absolute atomic E-state index is 15.1. The third-order valence-electron chi connectivity index (χ3n) is 11.4. The molecule has 0 radical (unpaired) electrons. The van der Waals surface area contributed by atoms with E-state index in [9.17, 15) is 17.9 Å². The van der Waals surface area contributed by atoms with Gasteiger partial charge in [0, 0.05) is 61.8 Å². The molecule has 53 heavy (non-hydrogen) atoms. The summed E-state index contributed by atoms with van der Waals surface area (Å²) in [6, 6.07) is 8.81. The van der Waals surface area contributed by atoms with E-state index in [1.54, 1.807) is 18.2 Å². The predicted molar refractivity (Wildman–Crippen MR) is 198 cm³/mol. The van der Waals surface area contributed by atoms with Gasteiger partial charge in [0.15, 0.2) is 0 Å². The second-order valence-corrected chi connectivity index (χ2v) is 16.7. The number of aromatic nitrogens is 4. The average Bonchev–Trinajstić information content (AvgIpc) is 3.76. The highest BCUT2D eigenvalue weighted by atomic mass is 32.2. The number of aryl methyl sites for hydroxylation is 2. The van der Waals surface area contributed by atoms with Crippen molar-refractivity contribution in [2.24, 2.45) is 0 Å². The van der Waals surface area contributed by atoms with E-state index in [0.717, 1.165) is 77.3 Å². The zero-order valence-electron chi connectivity index (χ0n) is 30.2. The Morgan fingerprint density at radius 3 is 2.77 bits per heavy atom. The Bertz CT molecular complexity index is 2130. The van der Waals surface area contributed by atoms with E-state index < -0.39 is 16.2 Å². The molecule has 0 bridgehead atoms. The van der Waals surface area contributed by atoms with E-state index >= 15 is 4.39 Å². The van der Waals surface area contributed by atoms with Gasteiger partial charge in [-0.15, -0.1) is 0 Å². The molecule has 0 aliphatic carbocycles. The quantitative estimate of drug-likeness (QED) is 0.207. The number of nitrogens with zero attached hydrogens (tertiary/aromatic N) is 7. The van der Waals surface area contributed by atoms with E-state index in [1.165, 1.54) is 13.1 Å². The minimum atomic E-state index is -3.40. The Hall–Kier alpha value is -4.12. The number of ether oxygens (including phenoxy) is 1. The van der Waals surface area contributed by atoms with Crippen LogP contribution in [0.5, 0.6) is 11.8 Å². The van der Waals surface area contributed by atoms with Gasteiger partial charge in [-0.2, -0.15) is 15.1 Å². The molecular formula is C37H47F2N9O4S. The van der Waals surface area contributed by atoms with Gasteiger partial charge >= 0.3 is 6.01 Å². The van der Waals surface area contributed by atoms with Crippen LogP contribution in [-0.2, 0) is 49.0 Å². The lowest BCUT2D eigenvalue weighted by Crippen LogP contribution is -2.43. The van der Waals surface area contributed by atoms with E-state index in [1.807, 2.05) is 17.7 Å². The van der Waals surface area contributed by atoms with Crippen LogP contribution < -0.4 is 24.6 Å². The number of rotatable bonds is 11. The summed E-state index contributed by atoms with van der Waals surface area (Å²) in [5, 5.41) is 20.0. The van der Waals surface area contributed by atoms with Gasteiger partial charge in [-0.05, 0) is 74.8 Å². The third kappa shape index (κ3) is 7.01. The number of benzene rings is 2. The SMILES string of the molecule is CCc1c(F)ccc2cc(O)cc(N3CCc4c(nc(OC[C@@]56CCCN5C[C@H](F)C6)nc4N4CCCn5nc(CNCS(=O)(=O)NC)cc5C4)C3)c12. The average molecular weight is 752 g/mol. The summed E-state index contributed by atoms with van der Waals surface area (Å²) < 4.78 is 64.3. The molecule has 2 aromatic carbocycles. The number of anilines is 2. The van der Waals surface area contributed by atoms with Crippen molar-refractivity contribution in [1.29, 1.82) is 0 Å². The molecule has 0 spiro atoms. The Balaban J connectivity index is 1.13. The molecule has 4 aliphatic rings. The zero-order valence-corrected chi connectivity index (χ0v) is 31.1. The molecule has 2 aromatic heterocycles. The summed E-state index contributed by atoms with van der Waals surface area (Å²) in [6.07, 6.45) is 3.37. The van der Waals surface area contributed by atoms with Crippen molar-refractivity contribution in [3.63, 3.8) is 0 Å². The van der Waals surface area contributed by atoms with Gasteiger partial charge in [0.25, 0.3) is 0 Å². The zero-order chi connectivity index (χ0) is 36.9. The van der Waals surface area contributed by atoms with E-state index in [2.05, 4.69) is 24.7 Å². The summed E-state index contributed by atoms with van der Waals surface area (Å²) in [5.74, 6) is 0.426. The van der Waals surface area contributed by atoms with Gasteiger partial charge in [-0.1, -0.05) is 13.0 Å². The van der Waals surface area contributed by atoms with Gasteiger partial charge in [0.1, 0.15) is 36.0 Å². The highest BCUT2D eigenvalue weighted by Gasteiger charge is 2.49. The number of nitrogens with one attached hydrogen (secondary N) is 2. The number of phenols is 1. The lowest BCUT2D eigenvalue weighted by atomic mass is 9.95. The first-order valence-corrected chi connectivity index (χ1v) is 20.2. The maximum atomic E-state index is 15.1. The summed E-state index contributed by atoms with van der Waals surface area (Å²) in [7, 11) is -2.01. The Kier molecular flexibility index (Phi) is 9.66. The molecule has 4 aromatic rings. The summed E-state index contributed by atoms with van der Waals surface area (Å²) in [5.41, 5.74) is 4.55. The molecule has 6 heterocycles. The molecular weight excluding hydrogens is 705 g/mol. The van der Waals surface area contributed by atoms with Crippen LogP contribution in [0, 0.1) is 5.82 Å². The van der Waals surface area contributed by atoms with Crippen molar-refractivity contribution >= 4 is 32.3 Å². The molecule has 2 fully saturated rings. The summed E-state index contributed by atoms with van der Waals surface area (Å²) >= 11 is 0. The minimum Gasteiger partial charge on any atom is -0.508 e. The highest BCUT2D eigenvalue weighted by molar-refractivity contribution is 7.89. The van der Waals surface area contributed by atoms with Crippen LogP contribution >= 0.6 is 0 Å². The van der Waals surface area contributed by atoms with Gasteiger partial charge in [-0.3, -0.25) is 14.9 Å². The van der Waals surface area contributed by atoms with Crippen LogP contribution in [0.2, 0.25) is 0 Å². The van der Waals surface area contributed by atoms with Gasteiger partial charge in [0.05, 0.1) is 35.7 Å². The van der Waals surface area contributed by atoms with Crippen LogP contribution in [-0.4, -0.2) is 95.6 Å². The second kappa shape index (κ2) is 14.3. The third-order valence-corrected chi connectivity index (χ3v) is 12.6. The molecule has 13 nitrogen and oxygen atoms in total. The Labute approximate surface area is 308 Å². The molecule has 2 saturated heterocycles. The lowest BCUT2D eigenvalue weighted by Gasteiger charge is -2.35. The smallest absolute Gasteiger partial charge is 0.318 e. The molecule has 0 saturated carbocycles. The number of phenolic OH excluding ortho intramolecular Hbond substituents is 1. The molecule has 284 valence electrons. The van der Waals surface area contributed by atoms with Crippen molar-refractivity contribution in [1.82, 2.24) is 34.7 Å². The van der Waals surface area contributed by atoms with Crippen molar-refractivity contribution in [3.8, 4) is 11.8 Å². The van der Waals surface area contributed by atoms with E-state index in [0.29, 0.717) is 70.7 Å². The number of hydrogen-bond donors (Lipinski definition) is 3. The monoisotopic (exact) mass is 751 g/mol. The number of alkyl halides is 1. The molecule has 16 heteroatoms. The number of sulfonamides is 1. The topological polar surface area (TPSA) is 141 Å². The van der Waals surface area contributed by atoms with E-state index in [4.69, 9.17) is 19.8 Å². The molecule has 2 atom stereocenters. The van der Waals surface area contributed by atoms with Crippen LogP contribution in [0.3, 0.4) is 0 Å². The first kappa shape index (κ1) is 35.9. The lowest BCUT2D eigenvalue weighted by molar-refractivity contribution is 0.107. The largest absolute Gasteiger partial charge is 0.508 e. The normalized spacial score (nSPS) is 21.8. The molecule has 3 N–H and O–H groups in total. The van der Waals surface area contributed by atoms with Crippen molar-refractivity contribution in [3.05, 3.63) is 64.4 Å². The fourth-order valence-corrected chi connectivity index (χ4v) is 9.33. The van der Waals surface area contributed by atoms with Crippen molar-refractivity contribution < 1.29 is 27.0 Å². The number of halogens is 2. The minimum absolute atomic E-state index is 0.113. The Morgan fingerprint density at radius 1 is 1.08 bits per heavy atom. The van der Waals surface area contributed by atoms with Crippen LogP contribution in [0.25, 0.3) is 10.8 Å². The Morgan fingerprint density at radius 2 is 1.94 bits per heavy atom. The van der Waals surface area contributed by atoms with Crippen molar-refractivity contribution in [2.45, 2.75) is 83.3 Å². The first-order chi connectivity index (χ1) is 25.5. The predicted octanol–water partition coefficient (Wildman–Crippen LogP) is 3.76. The van der Waals surface area contributed by atoms with E-state index in [-0.39, 0.29) is 29.0 Å². The summed E-state index contributed by atoms with van der Waals surface area (Å²) in [6.45, 7) is 6.80. The van der Waals surface area contributed by atoms with Crippen LogP contribution in [0.15, 0.2) is 30.3 Å². The number of hydrogen-bond acceptors (Lipinski definition) is 11. The fourth-order valence-electron chi connectivity index (χ4n) is 8.81. The van der Waals surface area contributed by atoms with Gasteiger partial charge in [-0.25, -0.2) is 21.9 Å². The molecule has 4 aliphatic heterocycles. The van der Waals surface area contributed by atoms with Crippen LogP contribution in [0.4, 0.5) is 20.3 Å². The molecule has 0 amide bonds. The van der Waals surface area contributed by atoms with Crippen LogP contribution in [0.1, 0.15) is 60.8 Å². The highest BCUT2D eigenvalue weighted by Crippen LogP contribution is 2.42. The van der Waals surface area contributed by atoms with Crippen molar-refractivity contribution in [2.75, 3.05) is 55.5 Å².